The number of para-hydroxylation sites is 1. The highest BCUT2D eigenvalue weighted by atomic mass is 16.6. The molecule has 0 aromatic heterocycles. The lowest BCUT2D eigenvalue weighted by molar-refractivity contribution is -0.136. The van der Waals surface area contributed by atoms with E-state index < -0.39 is 11.9 Å². The molecule has 0 fully saturated rings. The van der Waals surface area contributed by atoms with Crippen LogP contribution < -0.4 is 9.47 Å². The summed E-state index contributed by atoms with van der Waals surface area (Å²) in [6, 6.07) is 23.7. The van der Waals surface area contributed by atoms with E-state index in [1.165, 1.54) is 19.2 Å². The van der Waals surface area contributed by atoms with Crippen LogP contribution in [0.4, 0.5) is 0 Å². The average Bonchev–Trinajstić information content (AvgIpc) is 2.73. The summed E-state index contributed by atoms with van der Waals surface area (Å²) >= 11 is 0. The highest BCUT2D eigenvalue weighted by Gasteiger charge is 2.15. The van der Waals surface area contributed by atoms with Gasteiger partial charge in [0, 0.05) is 0 Å². The summed E-state index contributed by atoms with van der Waals surface area (Å²) < 4.78 is 15.4. The molecule has 0 saturated carbocycles. The number of hydrogen-bond acceptors (Lipinski definition) is 5. The monoisotopic (exact) mass is 362 g/mol. The molecule has 3 aromatic carbocycles. The molecule has 0 aliphatic rings. The van der Waals surface area contributed by atoms with E-state index in [1.54, 1.807) is 24.3 Å². The summed E-state index contributed by atoms with van der Waals surface area (Å²) in [6.07, 6.45) is 0. The van der Waals surface area contributed by atoms with Crippen LogP contribution in [0.3, 0.4) is 0 Å². The van der Waals surface area contributed by atoms with Crippen LogP contribution in [-0.2, 0) is 9.53 Å². The van der Waals surface area contributed by atoms with Crippen molar-refractivity contribution in [1.82, 2.24) is 0 Å². The highest BCUT2D eigenvalue weighted by Crippen LogP contribution is 2.22. The Morgan fingerprint density at radius 1 is 0.778 bits per heavy atom. The molecule has 0 saturated heterocycles. The van der Waals surface area contributed by atoms with Crippen molar-refractivity contribution in [3.63, 3.8) is 0 Å². The van der Waals surface area contributed by atoms with Gasteiger partial charge in [-0.1, -0.05) is 54.6 Å². The van der Waals surface area contributed by atoms with Crippen molar-refractivity contribution in [2.24, 2.45) is 0 Å². The van der Waals surface area contributed by atoms with Crippen LogP contribution >= 0.6 is 0 Å². The predicted molar refractivity (Wildman–Crippen MR) is 101 cm³/mol. The van der Waals surface area contributed by atoms with Crippen molar-refractivity contribution in [3.05, 3.63) is 84.4 Å². The van der Waals surface area contributed by atoms with Gasteiger partial charge < -0.3 is 14.2 Å². The van der Waals surface area contributed by atoms with Gasteiger partial charge >= 0.3 is 11.9 Å². The Balaban J connectivity index is 1.59. The van der Waals surface area contributed by atoms with E-state index >= 15 is 0 Å². The van der Waals surface area contributed by atoms with Gasteiger partial charge in [0.1, 0.15) is 17.1 Å². The maximum atomic E-state index is 12.0. The van der Waals surface area contributed by atoms with Crippen LogP contribution in [0, 0.1) is 0 Å². The number of carbonyl (C=O) groups excluding carboxylic acids is 2. The second-order valence-electron chi connectivity index (χ2n) is 5.64. The number of carbonyl (C=O) groups is 2. The topological polar surface area (TPSA) is 61.8 Å². The number of methoxy groups -OCH3 is 1. The van der Waals surface area contributed by atoms with Crippen LogP contribution in [0.15, 0.2) is 78.9 Å². The van der Waals surface area contributed by atoms with Crippen LogP contribution in [-0.4, -0.2) is 25.7 Å². The molecule has 0 amide bonds. The predicted octanol–water partition coefficient (Wildman–Crippen LogP) is 4.12. The maximum Gasteiger partial charge on any atom is 0.349 e. The second-order valence-corrected chi connectivity index (χ2v) is 5.64. The van der Waals surface area contributed by atoms with Crippen LogP contribution in [0.25, 0.3) is 11.1 Å². The van der Waals surface area contributed by atoms with Crippen molar-refractivity contribution in [2.75, 3.05) is 13.7 Å². The quantitative estimate of drug-likeness (QED) is 0.487. The Kier molecular flexibility index (Phi) is 5.84. The van der Waals surface area contributed by atoms with E-state index in [0.29, 0.717) is 5.75 Å². The molecule has 0 aliphatic heterocycles. The Labute approximate surface area is 157 Å². The number of esters is 2. The van der Waals surface area contributed by atoms with Crippen molar-refractivity contribution in [1.29, 1.82) is 0 Å². The summed E-state index contributed by atoms with van der Waals surface area (Å²) in [5.41, 5.74) is 2.33. The Hall–Kier alpha value is -3.60. The molecule has 0 heterocycles. The van der Waals surface area contributed by atoms with E-state index in [4.69, 9.17) is 9.47 Å². The van der Waals surface area contributed by atoms with Gasteiger partial charge in [-0.05, 0) is 35.4 Å². The molecule has 0 atom stereocenters. The van der Waals surface area contributed by atoms with E-state index in [2.05, 4.69) is 4.74 Å². The summed E-state index contributed by atoms with van der Waals surface area (Å²) in [5.74, 6) is -0.500. The molecule has 27 heavy (non-hydrogen) atoms. The fourth-order valence-corrected chi connectivity index (χ4v) is 2.50. The number of benzene rings is 3. The van der Waals surface area contributed by atoms with Crippen LogP contribution in [0.2, 0.25) is 0 Å². The van der Waals surface area contributed by atoms with Gasteiger partial charge in [0.05, 0.1) is 7.11 Å². The smallest absolute Gasteiger partial charge is 0.349 e. The average molecular weight is 362 g/mol. The van der Waals surface area contributed by atoms with Crippen LogP contribution in [0.1, 0.15) is 10.4 Å². The summed E-state index contributed by atoms with van der Waals surface area (Å²) in [5, 5.41) is 0. The molecule has 0 spiro atoms. The molecule has 0 aliphatic carbocycles. The van der Waals surface area contributed by atoms with Gasteiger partial charge in [-0.15, -0.1) is 0 Å². The third kappa shape index (κ3) is 4.73. The molecule has 5 nitrogen and oxygen atoms in total. The third-order valence-corrected chi connectivity index (χ3v) is 3.83. The minimum atomic E-state index is -0.613. The lowest BCUT2D eigenvalue weighted by Crippen LogP contribution is -2.19. The van der Waals surface area contributed by atoms with Crippen molar-refractivity contribution in [2.45, 2.75) is 0 Å². The first-order valence-electron chi connectivity index (χ1n) is 8.33. The number of rotatable bonds is 6. The number of hydrogen-bond donors (Lipinski definition) is 0. The lowest BCUT2D eigenvalue weighted by Gasteiger charge is -2.10. The molecule has 5 heteroatoms. The zero-order chi connectivity index (χ0) is 19.1. The molecular weight excluding hydrogens is 344 g/mol. The molecule has 3 rings (SSSR count). The first-order valence-corrected chi connectivity index (χ1v) is 8.33. The van der Waals surface area contributed by atoms with Gasteiger partial charge in [-0.25, -0.2) is 9.59 Å². The Morgan fingerprint density at radius 2 is 1.41 bits per heavy atom. The largest absolute Gasteiger partial charge is 0.482 e. The summed E-state index contributed by atoms with van der Waals surface area (Å²) in [6.45, 7) is -0.278. The first-order chi connectivity index (χ1) is 13.2. The van der Waals surface area contributed by atoms with Gasteiger partial charge in [0.15, 0.2) is 6.61 Å². The normalized spacial score (nSPS) is 10.1. The fourth-order valence-electron chi connectivity index (χ4n) is 2.50. The van der Waals surface area contributed by atoms with Gasteiger partial charge in [0.25, 0.3) is 0 Å². The molecule has 0 unspecified atom stereocenters. The zero-order valence-electron chi connectivity index (χ0n) is 14.8. The molecule has 0 radical (unpaired) electrons. The van der Waals surface area contributed by atoms with E-state index in [1.807, 2.05) is 42.5 Å². The number of ether oxygens (including phenoxy) is 3. The standard InChI is InChI=1S/C22H18O5/c1-25-22(24)19-9-5-6-10-20(19)27-21(23)15-26-18-13-11-17(12-14-18)16-7-3-2-4-8-16/h2-14H,15H2,1H3. The van der Waals surface area contributed by atoms with E-state index in [0.717, 1.165) is 11.1 Å². The summed E-state index contributed by atoms with van der Waals surface area (Å²) in [4.78, 5) is 23.7. The first kappa shape index (κ1) is 18.2. The second kappa shape index (κ2) is 8.67. The van der Waals surface area contributed by atoms with Crippen molar-refractivity contribution in [3.8, 4) is 22.6 Å². The third-order valence-electron chi connectivity index (χ3n) is 3.83. The molecular formula is C22H18O5. The minimum Gasteiger partial charge on any atom is -0.482 e. The van der Waals surface area contributed by atoms with Gasteiger partial charge in [-0.3, -0.25) is 0 Å². The maximum absolute atomic E-state index is 12.0. The zero-order valence-corrected chi connectivity index (χ0v) is 14.8. The lowest BCUT2D eigenvalue weighted by atomic mass is 10.1. The van der Waals surface area contributed by atoms with E-state index in [-0.39, 0.29) is 17.9 Å². The van der Waals surface area contributed by atoms with Crippen molar-refractivity contribution < 1.29 is 23.8 Å². The van der Waals surface area contributed by atoms with Crippen molar-refractivity contribution >= 4 is 11.9 Å². The Morgan fingerprint density at radius 3 is 2.11 bits per heavy atom. The van der Waals surface area contributed by atoms with Gasteiger partial charge in [-0.2, -0.15) is 0 Å². The molecule has 0 N–H and O–H groups in total. The van der Waals surface area contributed by atoms with E-state index in [9.17, 15) is 9.59 Å². The summed E-state index contributed by atoms with van der Waals surface area (Å²) in [7, 11) is 1.27. The minimum absolute atomic E-state index is 0.136. The molecule has 0 bridgehead atoms. The fraction of sp³-hybridized carbons (Fsp3) is 0.0909. The van der Waals surface area contributed by atoms with Gasteiger partial charge in [0.2, 0.25) is 0 Å². The highest BCUT2D eigenvalue weighted by molar-refractivity contribution is 5.93. The van der Waals surface area contributed by atoms with Crippen LogP contribution in [0.5, 0.6) is 11.5 Å². The molecule has 136 valence electrons. The Bertz CT molecular complexity index is 917. The SMILES string of the molecule is COC(=O)c1ccccc1OC(=O)COc1ccc(-c2ccccc2)cc1. The molecule has 3 aromatic rings.